The van der Waals surface area contributed by atoms with E-state index in [1.54, 1.807) is 0 Å². The Balaban J connectivity index is 1.97. The monoisotopic (exact) mass is 245 g/mol. The molecule has 1 amide bonds. The molecule has 1 fully saturated rings. The molecule has 4 N–H and O–H groups in total. The van der Waals surface area contributed by atoms with Crippen LogP contribution in [-0.2, 0) is 9.53 Å². The molecule has 3 rings (SSSR count). The van der Waals surface area contributed by atoms with Gasteiger partial charge in [-0.15, -0.1) is 0 Å². The smallest absolute Gasteiger partial charge is 0.252 e. The van der Waals surface area contributed by atoms with Gasteiger partial charge in [0.2, 0.25) is 0 Å². The number of amides is 1. The fourth-order valence-corrected chi connectivity index (χ4v) is 2.45. The third-order valence-electron chi connectivity index (χ3n) is 3.40. The Kier molecular flexibility index (Phi) is 2.57. The summed E-state index contributed by atoms with van der Waals surface area (Å²) in [5.41, 5.74) is 7.68. The molecule has 94 valence electrons. The van der Waals surface area contributed by atoms with Crippen molar-refractivity contribution in [3.63, 3.8) is 0 Å². The molecule has 1 unspecified atom stereocenters. The molecule has 5 nitrogen and oxygen atoms in total. The first-order valence-electron chi connectivity index (χ1n) is 5.94. The number of hydrogen-bond acceptors (Lipinski definition) is 3. The minimum Gasteiger partial charge on any atom is -0.361 e. The molecule has 1 aliphatic rings. The van der Waals surface area contributed by atoms with Crippen LogP contribution in [0.25, 0.3) is 10.9 Å². The van der Waals surface area contributed by atoms with Gasteiger partial charge < -0.3 is 15.0 Å². The minimum atomic E-state index is -0.699. The van der Waals surface area contributed by atoms with Crippen molar-refractivity contribution in [2.75, 3.05) is 0 Å². The van der Waals surface area contributed by atoms with E-state index in [0.717, 1.165) is 16.5 Å². The Bertz CT molecular complexity index is 593. The van der Waals surface area contributed by atoms with Crippen LogP contribution in [0.4, 0.5) is 0 Å². The van der Waals surface area contributed by atoms with E-state index in [4.69, 9.17) is 10.5 Å². The van der Waals surface area contributed by atoms with Crippen LogP contribution in [0.5, 0.6) is 0 Å². The molecular weight excluding hydrogens is 230 g/mol. The summed E-state index contributed by atoms with van der Waals surface area (Å²) in [7, 11) is 0. The van der Waals surface area contributed by atoms with Crippen molar-refractivity contribution in [3.05, 3.63) is 36.0 Å². The van der Waals surface area contributed by atoms with Gasteiger partial charge in [-0.2, -0.15) is 0 Å². The lowest BCUT2D eigenvalue weighted by atomic mass is 9.94. The normalized spacial score (nSPS) is 25.3. The number of carbonyl (C=O) groups is 1. The van der Waals surface area contributed by atoms with Crippen molar-refractivity contribution in [2.24, 2.45) is 5.73 Å². The number of fused-ring (bicyclic) bond motifs is 1. The van der Waals surface area contributed by atoms with E-state index in [1.807, 2.05) is 37.4 Å². The quantitative estimate of drug-likeness (QED) is 0.739. The maximum atomic E-state index is 11.7. The highest BCUT2D eigenvalue weighted by atomic mass is 16.5. The van der Waals surface area contributed by atoms with Crippen LogP contribution in [0.2, 0.25) is 0 Å². The number of benzene rings is 1. The van der Waals surface area contributed by atoms with Crippen LogP contribution in [0.3, 0.4) is 0 Å². The molecule has 1 aromatic carbocycles. The highest BCUT2D eigenvalue weighted by Crippen LogP contribution is 2.30. The van der Waals surface area contributed by atoms with Gasteiger partial charge in [-0.3, -0.25) is 10.5 Å². The third-order valence-corrected chi connectivity index (χ3v) is 3.40. The average Bonchev–Trinajstić information content (AvgIpc) is 2.92. The van der Waals surface area contributed by atoms with E-state index >= 15 is 0 Å². The summed E-state index contributed by atoms with van der Waals surface area (Å²) in [5.74, 6) is -0.199. The van der Waals surface area contributed by atoms with Gasteiger partial charge in [-0.25, -0.2) is 0 Å². The number of H-pyrrole nitrogens is 1. The second-order valence-electron chi connectivity index (χ2n) is 4.56. The summed E-state index contributed by atoms with van der Waals surface area (Å²) >= 11 is 0. The van der Waals surface area contributed by atoms with Gasteiger partial charge in [0.25, 0.3) is 5.91 Å². The summed E-state index contributed by atoms with van der Waals surface area (Å²) in [4.78, 5) is 14.9. The Morgan fingerprint density at radius 2 is 2.17 bits per heavy atom. The number of para-hydroxylation sites is 1. The number of rotatable bonds is 2. The first-order valence-corrected chi connectivity index (χ1v) is 5.94. The fourth-order valence-electron chi connectivity index (χ4n) is 2.45. The Morgan fingerprint density at radius 1 is 1.39 bits per heavy atom. The molecule has 0 spiro atoms. The van der Waals surface area contributed by atoms with Gasteiger partial charge in [-0.1, -0.05) is 25.1 Å². The number of nitrogens with one attached hydrogen (secondary N) is 2. The van der Waals surface area contributed by atoms with Crippen molar-refractivity contribution < 1.29 is 9.53 Å². The van der Waals surface area contributed by atoms with Crippen LogP contribution in [0.1, 0.15) is 18.4 Å². The highest BCUT2D eigenvalue weighted by Gasteiger charge is 2.36. The summed E-state index contributed by atoms with van der Waals surface area (Å²) in [5, 5.41) is 3.68. The molecule has 0 radical (unpaired) electrons. The van der Waals surface area contributed by atoms with Crippen molar-refractivity contribution in [3.8, 4) is 0 Å². The van der Waals surface area contributed by atoms with Crippen LogP contribution in [-0.4, -0.2) is 23.3 Å². The van der Waals surface area contributed by atoms with E-state index in [0.29, 0.717) is 0 Å². The van der Waals surface area contributed by atoms with Crippen LogP contribution < -0.4 is 11.1 Å². The van der Waals surface area contributed by atoms with E-state index in [2.05, 4.69) is 10.3 Å². The van der Waals surface area contributed by atoms with Gasteiger partial charge in [-0.05, 0) is 11.6 Å². The van der Waals surface area contributed by atoms with Gasteiger partial charge >= 0.3 is 0 Å². The van der Waals surface area contributed by atoms with Crippen molar-refractivity contribution >= 4 is 16.8 Å². The Morgan fingerprint density at radius 3 is 2.89 bits per heavy atom. The molecule has 3 atom stereocenters. The summed E-state index contributed by atoms with van der Waals surface area (Å²) in [6.45, 7) is 1.97. The van der Waals surface area contributed by atoms with Crippen LogP contribution >= 0.6 is 0 Å². The number of carbonyl (C=O) groups excluding carboxylic acids is 1. The molecule has 5 heteroatoms. The van der Waals surface area contributed by atoms with Crippen LogP contribution in [0, 0.1) is 0 Å². The lowest BCUT2D eigenvalue weighted by Crippen LogP contribution is -2.34. The molecular formula is C13H15N3O2. The van der Waals surface area contributed by atoms with Crippen molar-refractivity contribution in [2.45, 2.75) is 25.3 Å². The second kappa shape index (κ2) is 4.12. The SMILES string of the molecule is C[C@H](c1c[nH]c2ccccc12)[C@@H]1OC(N)NC1=O. The first kappa shape index (κ1) is 11.3. The molecule has 0 saturated carbocycles. The van der Waals surface area contributed by atoms with Crippen LogP contribution in [0.15, 0.2) is 30.5 Å². The highest BCUT2D eigenvalue weighted by molar-refractivity contribution is 5.87. The fraction of sp³-hybridized carbons (Fsp3) is 0.308. The zero-order valence-corrected chi connectivity index (χ0v) is 10.0. The standard InChI is InChI=1S/C13H15N3O2/c1-7(11-12(17)16-13(14)18-11)9-6-15-10-5-3-2-4-8(9)10/h2-7,11,13,15H,14H2,1H3,(H,16,17)/t7-,11+,13?/m1/s1. The van der Waals surface area contributed by atoms with Crippen molar-refractivity contribution in [1.82, 2.24) is 10.3 Å². The molecule has 18 heavy (non-hydrogen) atoms. The molecule has 2 aromatic rings. The number of nitrogens with two attached hydrogens (primary N) is 1. The Labute approximate surface area is 104 Å². The lowest BCUT2D eigenvalue weighted by Gasteiger charge is -2.16. The number of ether oxygens (including phenoxy) is 1. The molecule has 0 bridgehead atoms. The maximum absolute atomic E-state index is 11.7. The average molecular weight is 245 g/mol. The molecule has 0 aliphatic carbocycles. The van der Waals surface area contributed by atoms with Gasteiger partial charge in [0, 0.05) is 23.0 Å². The summed E-state index contributed by atoms with van der Waals surface area (Å²) in [6, 6.07) is 7.99. The predicted molar refractivity (Wildman–Crippen MR) is 67.7 cm³/mol. The van der Waals surface area contributed by atoms with E-state index in [9.17, 15) is 4.79 Å². The van der Waals surface area contributed by atoms with Gasteiger partial charge in [0.1, 0.15) is 6.10 Å². The van der Waals surface area contributed by atoms with E-state index in [-0.39, 0.29) is 11.8 Å². The van der Waals surface area contributed by atoms with E-state index < -0.39 is 12.5 Å². The summed E-state index contributed by atoms with van der Waals surface area (Å²) in [6.07, 6.45) is 0.699. The number of aromatic amines is 1. The maximum Gasteiger partial charge on any atom is 0.252 e. The zero-order valence-electron chi connectivity index (χ0n) is 10.0. The van der Waals surface area contributed by atoms with Gasteiger partial charge in [0.05, 0.1) is 0 Å². The predicted octanol–water partition coefficient (Wildman–Crippen LogP) is 1.03. The molecule has 2 heterocycles. The topological polar surface area (TPSA) is 80.1 Å². The summed E-state index contributed by atoms with van der Waals surface area (Å²) < 4.78 is 5.41. The molecule has 1 saturated heterocycles. The lowest BCUT2D eigenvalue weighted by molar-refractivity contribution is -0.124. The first-order chi connectivity index (χ1) is 8.66. The van der Waals surface area contributed by atoms with Gasteiger partial charge in [0.15, 0.2) is 6.35 Å². The largest absolute Gasteiger partial charge is 0.361 e. The minimum absolute atomic E-state index is 0.0466. The number of aromatic nitrogens is 1. The third kappa shape index (κ3) is 1.68. The zero-order chi connectivity index (χ0) is 12.7. The van der Waals surface area contributed by atoms with Crippen molar-refractivity contribution in [1.29, 1.82) is 0 Å². The molecule has 1 aromatic heterocycles. The number of hydrogen-bond donors (Lipinski definition) is 3. The Hall–Kier alpha value is -1.85. The molecule has 1 aliphatic heterocycles. The van der Waals surface area contributed by atoms with E-state index in [1.165, 1.54) is 0 Å². The second-order valence-corrected chi connectivity index (χ2v) is 4.56.